The quantitative estimate of drug-likeness (QED) is 0.879. The number of anilines is 2. The second-order valence-corrected chi connectivity index (χ2v) is 4.82. The fourth-order valence-corrected chi connectivity index (χ4v) is 2.11. The lowest BCUT2D eigenvalue weighted by molar-refractivity contribution is 1.08. The molecule has 0 aliphatic rings. The van der Waals surface area contributed by atoms with Crippen molar-refractivity contribution in [2.24, 2.45) is 0 Å². The molecule has 0 aromatic carbocycles. The molecule has 0 aliphatic heterocycles. The minimum atomic E-state index is 0.352. The Hall–Kier alpha value is -2.00. The Morgan fingerprint density at radius 3 is 2.59 bits per heavy atom. The monoisotopic (exact) mass is 245 g/mol. The van der Waals surface area contributed by atoms with Crippen molar-refractivity contribution in [2.75, 3.05) is 5.32 Å². The highest BCUT2D eigenvalue weighted by molar-refractivity contribution is 7.15. The Labute approximate surface area is 103 Å². The zero-order valence-corrected chi connectivity index (χ0v) is 10.6. The number of aromatic nitrogens is 3. The van der Waals surface area contributed by atoms with Crippen molar-refractivity contribution >= 4 is 22.4 Å². The molecule has 1 N–H and O–H groups in total. The van der Waals surface area contributed by atoms with Crippen LogP contribution in [-0.4, -0.2) is 15.0 Å². The molecule has 0 aliphatic carbocycles. The van der Waals surface area contributed by atoms with Crippen molar-refractivity contribution in [1.29, 1.82) is 5.26 Å². The first-order valence-corrected chi connectivity index (χ1v) is 5.87. The molecule has 6 heteroatoms. The highest BCUT2D eigenvalue weighted by Gasteiger charge is 2.06. The number of aryl methyl sites for hydroxylation is 3. The first kappa shape index (κ1) is 11.5. The van der Waals surface area contributed by atoms with Crippen LogP contribution >= 0.6 is 11.3 Å². The third-order valence-electron chi connectivity index (χ3n) is 2.22. The van der Waals surface area contributed by atoms with Gasteiger partial charge in [-0.25, -0.2) is 15.0 Å². The van der Waals surface area contributed by atoms with Crippen LogP contribution in [0.15, 0.2) is 6.07 Å². The van der Waals surface area contributed by atoms with E-state index >= 15 is 0 Å². The standard InChI is InChI=1S/C11H11N5S/c1-6-4-9(5-12)15-10(13-6)16-11-14-7(2)8(3)17-11/h4H,1-3H3,(H,13,14,15,16). The van der Waals surface area contributed by atoms with E-state index in [0.717, 1.165) is 21.4 Å². The van der Waals surface area contributed by atoms with Crippen molar-refractivity contribution in [3.8, 4) is 6.07 Å². The van der Waals surface area contributed by atoms with Crippen LogP contribution in [0, 0.1) is 32.1 Å². The molecule has 0 fully saturated rings. The molecule has 0 unspecified atom stereocenters. The van der Waals surface area contributed by atoms with E-state index in [9.17, 15) is 0 Å². The average Bonchev–Trinajstić information content (AvgIpc) is 2.57. The number of nitrogens with zero attached hydrogens (tertiary/aromatic N) is 4. The Bertz CT molecular complexity index is 577. The molecule has 0 atom stereocenters. The van der Waals surface area contributed by atoms with Gasteiger partial charge in [-0.3, -0.25) is 5.32 Å². The molecule has 0 saturated heterocycles. The molecule has 2 aromatic rings. The topological polar surface area (TPSA) is 74.5 Å². The van der Waals surface area contributed by atoms with E-state index in [0.29, 0.717) is 11.6 Å². The molecule has 0 radical (unpaired) electrons. The highest BCUT2D eigenvalue weighted by atomic mass is 32.1. The van der Waals surface area contributed by atoms with Gasteiger partial charge in [-0.15, -0.1) is 11.3 Å². The van der Waals surface area contributed by atoms with Gasteiger partial charge in [0, 0.05) is 10.6 Å². The predicted octanol–water partition coefficient (Wildman–Crippen LogP) is 2.47. The summed E-state index contributed by atoms with van der Waals surface area (Å²) in [6.45, 7) is 5.79. The normalized spacial score (nSPS) is 10.0. The summed E-state index contributed by atoms with van der Waals surface area (Å²) in [4.78, 5) is 13.8. The van der Waals surface area contributed by atoms with Crippen molar-refractivity contribution in [2.45, 2.75) is 20.8 Å². The van der Waals surface area contributed by atoms with E-state index in [1.807, 2.05) is 26.8 Å². The molecule has 2 heterocycles. The summed E-state index contributed by atoms with van der Waals surface area (Å²) in [5.41, 5.74) is 2.10. The van der Waals surface area contributed by atoms with Gasteiger partial charge in [-0.05, 0) is 26.8 Å². The smallest absolute Gasteiger partial charge is 0.230 e. The lowest BCUT2D eigenvalue weighted by Crippen LogP contribution is -2.00. The van der Waals surface area contributed by atoms with Crippen LogP contribution in [0.25, 0.3) is 0 Å². The SMILES string of the molecule is Cc1cc(C#N)nc(Nc2nc(C)c(C)s2)n1. The fourth-order valence-electron chi connectivity index (χ4n) is 1.30. The molecule has 86 valence electrons. The van der Waals surface area contributed by atoms with Crippen molar-refractivity contribution < 1.29 is 0 Å². The van der Waals surface area contributed by atoms with Crippen molar-refractivity contribution in [3.05, 3.63) is 28.0 Å². The fraction of sp³-hybridized carbons (Fsp3) is 0.273. The zero-order valence-electron chi connectivity index (χ0n) is 9.77. The van der Waals surface area contributed by atoms with Gasteiger partial charge in [-0.2, -0.15) is 5.26 Å². The van der Waals surface area contributed by atoms with Gasteiger partial charge in [0.2, 0.25) is 5.95 Å². The zero-order chi connectivity index (χ0) is 12.4. The molecule has 17 heavy (non-hydrogen) atoms. The summed E-state index contributed by atoms with van der Waals surface area (Å²) in [6.07, 6.45) is 0. The number of hydrogen-bond acceptors (Lipinski definition) is 6. The first-order chi connectivity index (χ1) is 8.08. The van der Waals surface area contributed by atoms with E-state index < -0.39 is 0 Å². The largest absolute Gasteiger partial charge is 0.300 e. The molecular formula is C11H11N5S. The lowest BCUT2D eigenvalue weighted by Gasteiger charge is -2.01. The number of nitrogens with one attached hydrogen (secondary N) is 1. The van der Waals surface area contributed by atoms with Gasteiger partial charge in [0.25, 0.3) is 0 Å². The maximum atomic E-state index is 8.82. The summed E-state index contributed by atoms with van der Waals surface area (Å²) in [7, 11) is 0. The van der Waals surface area contributed by atoms with E-state index in [2.05, 4.69) is 20.3 Å². The van der Waals surface area contributed by atoms with Gasteiger partial charge in [0.05, 0.1) is 5.69 Å². The van der Waals surface area contributed by atoms with Gasteiger partial charge >= 0.3 is 0 Å². The highest BCUT2D eigenvalue weighted by Crippen LogP contribution is 2.23. The number of thiazole rings is 1. The molecule has 2 rings (SSSR count). The minimum Gasteiger partial charge on any atom is -0.300 e. The third kappa shape index (κ3) is 2.57. The summed E-state index contributed by atoms with van der Waals surface area (Å²) >= 11 is 1.54. The Balaban J connectivity index is 2.30. The summed E-state index contributed by atoms with van der Waals surface area (Å²) < 4.78 is 0. The van der Waals surface area contributed by atoms with Crippen LogP contribution < -0.4 is 5.32 Å². The Morgan fingerprint density at radius 2 is 2.00 bits per heavy atom. The third-order valence-corrected chi connectivity index (χ3v) is 3.20. The van der Waals surface area contributed by atoms with Gasteiger partial charge in [0.15, 0.2) is 5.13 Å². The Kier molecular flexibility index (Phi) is 3.02. The summed E-state index contributed by atoms with van der Waals surface area (Å²) in [5.74, 6) is 0.412. The van der Waals surface area contributed by atoms with E-state index in [-0.39, 0.29) is 0 Å². The summed E-state index contributed by atoms with van der Waals surface area (Å²) in [5, 5.41) is 12.6. The van der Waals surface area contributed by atoms with E-state index in [1.54, 1.807) is 17.4 Å². The van der Waals surface area contributed by atoms with Gasteiger partial charge in [-0.1, -0.05) is 0 Å². The number of hydrogen-bond donors (Lipinski definition) is 1. The first-order valence-electron chi connectivity index (χ1n) is 5.05. The summed E-state index contributed by atoms with van der Waals surface area (Å²) in [6, 6.07) is 3.64. The van der Waals surface area contributed by atoms with Crippen LogP contribution in [0.4, 0.5) is 11.1 Å². The maximum absolute atomic E-state index is 8.82. The van der Waals surface area contributed by atoms with Gasteiger partial charge < -0.3 is 0 Å². The van der Waals surface area contributed by atoms with Crippen LogP contribution in [0.3, 0.4) is 0 Å². The molecular weight excluding hydrogens is 234 g/mol. The molecule has 0 amide bonds. The number of rotatable bonds is 2. The lowest BCUT2D eigenvalue weighted by atomic mass is 10.3. The van der Waals surface area contributed by atoms with Crippen molar-refractivity contribution in [3.63, 3.8) is 0 Å². The number of nitriles is 1. The average molecular weight is 245 g/mol. The predicted molar refractivity (Wildman–Crippen MR) is 66.4 cm³/mol. The van der Waals surface area contributed by atoms with E-state index in [4.69, 9.17) is 5.26 Å². The molecule has 5 nitrogen and oxygen atoms in total. The molecule has 0 bridgehead atoms. The Morgan fingerprint density at radius 1 is 1.24 bits per heavy atom. The maximum Gasteiger partial charge on any atom is 0.230 e. The van der Waals surface area contributed by atoms with Crippen LogP contribution in [-0.2, 0) is 0 Å². The van der Waals surface area contributed by atoms with E-state index in [1.165, 1.54) is 0 Å². The van der Waals surface area contributed by atoms with Crippen LogP contribution in [0.1, 0.15) is 22.0 Å². The van der Waals surface area contributed by atoms with Gasteiger partial charge in [0.1, 0.15) is 11.8 Å². The molecule has 0 saturated carbocycles. The second kappa shape index (κ2) is 4.47. The second-order valence-electron chi connectivity index (χ2n) is 3.62. The molecule has 0 spiro atoms. The van der Waals surface area contributed by atoms with Crippen molar-refractivity contribution in [1.82, 2.24) is 15.0 Å². The molecule has 2 aromatic heterocycles. The van der Waals surface area contributed by atoms with Crippen LogP contribution in [0.2, 0.25) is 0 Å². The minimum absolute atomic E-state index is 0.352. The van der Waals surface area contributed by atoms with Crippen LogP contribution in [0.5, 0.6) is 0 Å².